The molecule has 130 valence electrons. The number of nitrogens with one attached hydrogen (secondary N) is 2. The van der Waals surface area contributed by atoms with E-state index in [0.717, 1.165) is 51.0 Å². The molecule has 1 unspecified atom stereocenters. The molecule has 0 aromatic carbocycles. The maximum absolute atomic E-state index is 11.5. The van der Waals surface area contributed by atoms with Gasteiger partial charge in [0, 0.05) is 19.0 Å². The van der Waals surface area contributed by atoms with Gasteiger partial charge in [0.1, 0.15) is 0 Å². The number of aromatic nitrogens is 2. The van der Waals surface area contributed by atoms with Gasteiger partial charge in [-0.3, -0.25) is 9.82 Å². The minimum absolute atomic E-state index is 0.277. The summed E-state index contributed by atoms with van der Waals surface area (Å²) in [4.78, 5) is 2.40. The Labute approximate surface area is 137 Å². The number of nitrogens with zero attached hydrogens (tertiary/aromatic N) is 2. The molecule has 8 heteroatoms. The highest BCUT2D eigenvalue weighted by Crippen LogP contribution is 2.30. The first-order chi connectivity index (χ1) is 11.0. The fraction of sp³-hybridized carbons (Fsp3) is 0.800. The van der Waals surface area contributed by atoms with Crippen molar-refractivity contribution in [2.24, 2.45) is 0 Å². The molecule has 23 heavy (non-hydrogen) atoms. The number of aromatic amines is 1. The van der Waals surface area contributed by atoms with Crippen LogP contribution in [0.2, 0.25) is 0 Å². The van der Waals surface area contributed by atoms with Gasteiger partial charge in [-0.15, -0.1) is 0 Å². The van der Waals surface area contributed by atoms with Crippen LogP contribution in [0.5, 0.6) is 0 Å². The van der Waals surface area contributed by atoms with Crippen molar-refractivity contribution in [2.45, 2.75) is 44.1 Å². The fourth-order valence-corrected chi connectivity index (χ4v) is 3.83. The Kier molecular flexibility index (Phi) is 5.23. The normalized spacial score (nSPS) is 23.6. The number of hydrogen-bond acceptors (Lipinski definition) is 5. The summed E-state index contributed by atoms with van der Waals surface area (Å²) in [6, 6.07) is 0. The van der Waals surface area contributed by atoms with Crippen LogP contribution >= 0.6 is 0 Å². The Balaban J connectivity index is 1.54. The molecule has 1 aliphatic carbocycles. The van der Waals surface area contributed by atoms with Gasteiger partial charge in [0.05, 0.1) is 36.5 Å². The van der Waals surface area contributed by atoms with Gasteiger partial charge in [0.25, 0.3) is 0 Å². The quantitative estimate of drug-likeness (QED) is 0.785. The Morgan fingerprint density at radius 1 is 1.39 bits per heavy atom. The van der Waals surface area contributed by atoms with Crippen molar-refractivity contribution >= 4 is 15.7 Å². The van der Waals surface area contributed by atoms with Crippen LogP contribution in [0.25, 0.3) is 0 Å². The summed E-state index contributed by atoms with van der Waals surface area (Å²) < 4.78 is 31.3. The summed E-state index contributed by atoms with van der Waals surface area (Å²) in [5, 5.41) is 6.99. The highest BCUT2D eigenvalue weighted by Gasteiger charge is 2.26. The summed E-state index contributed by atoms with van der Waals surface area (Å²) >= 11 is 0. The van der Waals surface area contributed by atoms with Gasteiger partial charge >= 0.3 is 0 Å². The first kappa shape index (κ1) is 16.7. The summed E-state index contributed by atoms with van der Waals surface area (Å²) in [7, 11) is -3.29. The van der Waals surface area contributed by atoms with E-state index in [9.17, 15) is 8.42 Å². The Morgan fingerprint density at radius 3 is 2.91 bits per heavy atom. The lowest BCUT2D eigenvalue weighted by atomic mass is 9.94. The number of H-pyrrole nitrogens is 1. The molecular weight excluding hydrogens is 316 g/mol. The predicted octanol–water partition coefficient (Wildman–Crippen LogP) is 1.53. The first-order valence-electron chi connectivity index (χ1n) is 8.36. The van der Waals surface area contributed by atoms with E-state index in [-0.39, 0.29) is 5.92 Å². The molecule has 0 spiro atoms. The number of likely N-dealkylation sites (tertiary alicyclic amines) is 1. The van der Waals surface area contributed by atoms with Crippen LogP contribution in [0.4, 0.5) is 5.69 Å². The molecule has 2 N–H and O–H groups in total. The van der Waals surface area contributed by atoms with E-state index in [1.54, 1.807) is 6.20 Å². The van der Waals surface area contributed by atoms with E-state index >= 15 is 0 Å². The smallest absolute Gasteiger partial charge is 0.229 e. The van der Waals surface area contributed by atoms with Crippen molar-refractivity contribution in [3.63, 3.8) is 0 Å². The van der Waals surface area contributed by atoms with Crippen LogP contribution in [-0.2, 0) is 14.8 Å². The highest BCUT2D eigenvalue weighted by molar-refractivity contribution is 7.92. The second kappa shape index (κ2) is 7.19. The van der Waals surface area contributed by atoms with Gasteiger partial charge in [-0.05, 0) is 38.6 Å². The maximum Gasteiger partial charge on any atom is 0.229 e. The molecule has 0 radical (unpaired) electrons. The number of sulfonamides is 1. The van der Waals surface area contributed by atoms with Crippen molar-refractivity contribution < 1.29 is 13.2 Å². The number of anilines is 1. The lowest BCUT2D eigenvalue weighted by Crippen LogP contribution is -2.38. The van der Waals surface area contributed by atoms with Crippen molar-refractivity contribution in [1.82, 2.24) is 15.1 Å². The molecule has 1 aliphatic heterocycles. The number of piperidine rings is 1. The molecule has 1 aromatic rings. The first-order valence-corrected chi connectivity index (χ1v) is 10.3. The largest absolute Gasteiger partial charge is 0.377 e. The van der Waals surface area contributed by atoms with Crippen molar-refractivity contribution in [2.75, 3.05) is 37.2 Å². The second-order valence-electron chi connectivity index (χ2n) is 6.64. The number of ether oxygens (including phenoxy) is 1. The molecule has 2 fully saturated rings. The second-order valence-corrected chi connectivity index (χ2v) is 8.38. The molecule has 1 atom stereocenters. The van der Waals surface area contributed by atoms with E-state index in [1.807, 2.05) is 0 Å². The average Bonchev–Trinajstić information content (AvgIpc) is 2.88. The Hall–Kier alpha value is -1.12. The van der Waals surface area contributed by atoms with E-state index in [2.05, 4.69) is 19.8 Å². The highest BCUT2D eigenvalue weighted by atomic mass is 32.2. The Bertz CT molecular complexity index is 612. The predicted molar refractivity (Wildman–Crippen MR) is 89.1 cm³/mol. The minimum Gasteiger partial charge on any atom is -0.377 e. The van der Waals surface area contributed by atoms with Crippen LogP contribution in [0.3, 0.4) is 0 Å². The monoisotopic (exact) mass is 342 g/mol. The zero-order valence-corrected chi connectivity index (χ0v) is 14.4. The minimum atomic E-state index is -3.29. The fourth-order valence-electron chi connectivity index (χ4n) is 3.27. The lowest BCUT2D eigenvalue weighted by Gasteiger charge is -2.33. The molecule has 2 heterocycles. The Morgan fingerprint density at radius 2 is 2.22 bits per heavy atom. The van der Waals surface area contributed by atoms with Gasteiger partial charge < -0.3 is 9.64 Å². The third-order valence-electron chi connectivity index (χ3n) is 4.69. The maximum atomic E-state index is 11.5. The van der Waals surface area contributed by atoms with E-state index < -0.39 is 10.0 Å². The zero-order valence-electron chi connectivity index (χ0n) is 13.6. The van der Waals surface area contributed by atoms with Crippen LogP contribution < -0.4 is 4.72 Å². The number of rotatable bonds is 7. The molecule has 0 bridgehead atoms. The average molecular weight is 342 g/mol. The molecule has 3 rings (SSSR count). The third-order valence-corrected chi connectivity index (χ3v) is 5.28. The summed E-state index contributed by atoms with van der Waals surface area (Å²) in [6.07, 6.45) is 9.05. The summed E-state index contributed by atoms with van der Waals surface area (Å²) in [5.41, 5.74) is 1.46. The summed E-state index contributed by atoms with van der Waals surface area (Å²) in [5.74, 6) is 0.277. The van der Waals surface area contributed by atoms with Crippen LogP contribution in [-0.4, -0.2) is 62.1 Å². The molecule has 1 aromatic heterocycles. The van der Waals surface area contributed by atoms with Crippen LogP contribution in [0.15, 0.2) is 6.20 Å². The lowest BCUT2D eigenvalue weighted by molar-refractivity contribution is -0.00982. The van der Waals surface area contributed by atoms with Crippen molar-refractivity contribution in [3.05, 3.63) is 11.9 Å². The SMILES string of the molecule is CS(=O)(=O)Nc1cn[nH]c1C1CCCN(CCOC2CCC2)C1. The standard InChI is InChI=1S/C15H26N4O3S/c1-23(20,21)18-14-10-16-17-15(14)12-4-3-7-19(11-12)8-9-22-13-5-2-6-13/h10,12-13,18H,2-9,11H2,1H3,(H,16,17). The molecule has 1 saturated carbocycles. The summed E-state index contributed by atoms with van der Waals surface area (Å²) in [6.45, 7) is 3.72. The zero-order chi connectivity index (χ0) is 16.3. The molecule has 0 amide bonds. The van der Waals surface area contributed by atoms with Crippen LogP contribution in [0.1, 0.15) is 43.7 Å². The van der Waals surface area contributed by atoms with Crippen molar-refractivity contribution in [3.8, 4) is 0 Å². The molecule has 7 nitrogen and oxygen atoms in total. The van der Waals surface area contributed by atoms with Gasteiger partial charge in [-0.1, -0.05) is 0 Å². The van der Waals surface area contributed by atoms with E-state index in [4.69, 9.17) is 4.74 Å². The molecular formula is C15H26N4O3S. The van der Waals surface area contributed by atoms with Crippen molar-refractivity contribution in [1.29, 1.82) is 0 Å². The van der Waals surface area contributed by atoms with E-state index in [1.165, 1.54) is 19.3 Å². The van der Waals surface area contributed by atoms with Crippen LogP contribution in [0, 0.1) is 0 Å². The van der Waals surface area contributed by atoms with E-state index in [0.29, 0.717) is 11.8 Å². The van der Waals surface area contributed by atoms with Gasteiger partial charge in [-0.2, -0.15) is 5.10 Å². The molecule has 2 aliphatic rings. The van der Waals surface area contributed by atoms with Gasteiger partial charge in [-0.25, -0.2) is 8.42 Å². The molecule has 1 saturated heterocycles. The topological polar surface area (TPSA) is 87.3 Å². The number of hydrogen-bond donors (Lipinski definition) is 2. The van der Waals surface area contributed by atoms with Gasteiger partial charge in [0.15, 0.2) is 0 Å². The van der Waals surface area contributed by atoms with Gasteiger partial charge in [0.2, 0.25) is 10.0 Å². The third kappa shape index (κ3) is 4.68.